The Bertz CT molecular complexity index is 560. The summed E-state index contributed by atoms with van der Waals surface area (Å²) in [6.45, 7) is 5.98. The van der Waals surface area contributed by atoms with Gasteiger partial charge in [0.25, 0.3) is 5.56 Å². The highest BCUT2D eigenvalue weighted by molar-refractivity contribution is 7.07. The van der Waals surface area contributed by atoms with Crippen LogP contribution >= 0.6 is 11.3 Å². The summed E-state index contributed by atoms with van der Waals surface area (Å²) in [6.07, 6.45) is 3.37. The van der Waals surface area contributed by atoms with E-state index >= 15 is 0 Å². The van der Waals surface area contributed by atoms with E-state index < -0.39 is 0 Å². The van der Waals surface area contributed by atoms with Crippen molar-refractivity contribution in [3.8, 4) is 0 Å². The third-order valence-corrected chi connectivity index (χ3v) is 3.52. The number of rotatable bonds is 4. The number of anilines is 1. The van der Waals surface area contributed by atoms with Crippen molar-refractivity contribution in [3.63, 3.8) is 0 Å². The molecule has 2 aromatic rings. The Kier molecular flexibility index (Phi) is 3.81. The topological polar surface area (TPSA) is 46.9 Å². The van der Waals surface area contributed by atoms with Crippen LogP contribution in [0.1, 0.15) is 38.4 Å². The lowest BCUT2D eigenvalue weighted by molar-refractivity contribution is 0.574. The Balaban J connectivity index is 2.25. The van der Waals surface area contributed by atoms with Crippen LogP contribution in [0.5, 0.6) is 0 Å². The second-order valence-corrected chi connectivity index (χ2v) is 5.28. The standard InChI is InChI=1S/C13H17N3OS/c1-9(2)16-6-5-14-12(13(16)17)15-10(3)11-4-7-18-8-11/h4-10H,1-3H3,(H,14,15). The Hall–Kier alpha value is -1.62. The molecule has 0 bridgehead atoms. The quantitative estimate of drug-likeness (QED) is 0.922. The van der Waals surface area contributed by atoms with Crippen LogP contribution in [0, 0.1) is 0 Å². The van der Waals surface area contributed by atoms with Gasteiger partial charge in [-0.1, -0.05) is 0 Å². The molecule has 0 amide bonds. The lowest BCUT2D eigenvalue weighted by Gasteiger charge is -2.15. The predicted molar refractivity (Wildman–Crippen MR) is 75.2 cm³/mol. The van der Waals surface area contributed by atoms with Crippen LogP contribution in [-0.4, -0.2) is 9.55 Å². The predicted octanol–water partition coefficient (Wildman–Crippen LogP) is 3.06. The second-order valence-electron chi connectivity index (χ2n) is 4.50. The minimum absolute atomic E-state index is 0.0745. The van der Waals surface area contributed by atoms with E-state index in [9.17, 15) is 4.79 Å². The number of thiophene rings is 1. The van der Waals surface area contributed by atoms with Gasteiger partial charge in [-0.3, -0.25) is 4.79 Å². The molecule has 0 fully saturated rings. The highest BCUT2D eigenvalue weighted by atomic mass is 32.1. The molecular weight excluding hydrogens is 246 g/mol. The molecule has 1 atom stereocenters. The van der Waals surface area contributed by atoms with E-state index in [0.717, 1.165) is 0 Å². The summed E-state index contributed by atoms with van der Waals surface area (Å²) in [5.41, 5.74) is 1.09. The summed E-state index contributed by atoms with van der Waals surface area (Å²) in [4.78, 5) is 16.3. The first kappa shape index (κ1) is 12.8. The summed E-state index contributed by atoms with van der Waals surface area (Å²) < 4.78 is 1.68. The van der Waals surface area contributed by atoms with Crippen molar-refractivity contribution in [2.24, 2.45) is 0 Å². The zero-order valence-corrected chi connectivity index (χ0v) is 11.6. The van der Waals surface area contributed by atoms with Crippen molar-refractivity contribution in [2.45, 2.75) is 32.9 Å². The summed E-state index contributed by atoms with van der Waals surface area (Å²) >= 11 is 1.65. The van der Waals surface area contributed by atoms with Gasteiger partial charge in [0.05, 0.1) is 6.04 Å². The number of nitrogens with one attached hydrogen (secondary N) is 1. The minimum Gasteiger partial charge on any atom is -0.359 e. The first-order chi connectivity index (χ1) is 8.59. The van der Waals surface area contributed by atoms with Gasteiger partial charge in [0.15, 0.2) is 5.82 Å². The van der Waals surface area contributed by atoms with Crippen LogP contribution in [0.15, 0.2) is 34.0 Å². The first-order valence-electron chi connectivity index (χ1n) is 5.95. The highest BCUT2D eigenvalue weighted by Gasteiger charge is 2.11. The molecule has 0 saturated carbocycles. The molecule has 0 aliphatic rings. The average molecular weight is 263 g/mol. The van der Waals surface area contributed by atoms with Gasteiger partial charge in [0.1, 0.15) is 0 Å². The van der Waals surface area contributed by atoms with E-state index in [4.69, 9.17) is 0 Å². The molecule has 0 saturated heterocycles. The summed E-state index contributed by atoms with van der Waals surface area (Å²) in [6, 6.07) is 2.27. The summed E-state index contributed by atoms with van der Waals surface area (Å²) in [7, 11) is 0. The Labute approximate surface area is 110 Å². The van der Waals surface area contributed by atoms with E-state index in [1.807, 2.05) is 32.2 Å². The molecule has 2 heterocycles. The Morgan fingerprint density at radius 3 is 2.78 bits per heavy atom. The Morgan fingerprint density at radius 2 is 2.17 bits per heavy atom. The molecule has 0 aromatic carbocycles. The number of hydrogen-bond acceptors (Lipinski definition) is 4. The van der Waals surface area contributed by atoms with Gasteiger partial charge in [-0.15, -0.1) is 0 Å². The molecule has 1 N–H and O–H groups in total. The Morgan fingerprint density at radius 1 is 1.39 bits per heavy atom. The van der Waals surface area contributed by atoms with E-state index in [1.165, 1.54) is 5.56 Å². The maximum Gasteiger partial charge on any atom is 0.293 e. The van der Waals surface area contributed by atoms with E-state index in [1.54, 1.807) is 28.3 Å². The molecular formula is C13H17N3OS. The summed E-state index contributed by atoms with van der Waals surface area (Å²) in [5.74, 6) is 0.407. The maximum absolute atomic E-state index is 12.2. The van der Waals surface area contributed by atoms with Gasteiger partial charge in [-0.2, -0.15) is 11.3 Å². The van der Waals surface area contributed by atoms with Crippen LogP contribution in [0.25, 0.3) is 0 Å². The minimum atomic E-state index is -0.0745. The van der Waals surface area contributed by atoms with Crippen molar-refractivity contribution < 1.29 is 0 Å². The smallest absolute Gasteiger partial charge is 0.293 e. The van der Waals surface area contributed by atoms with Crippen LogP contribution in [0.4, 0.5) is 5.82 Å². The van der Waals surface area contributed by atoms with Crippen molar-refractivity contribution in [3.05, 3.63) is 45.1 Å². The van der Waals surface area contributed by atoms with Crippen LogP contribution in [-0.2, 0) is 0 Å². The molecule has 2 aromatic heterocycles. The molecule has 0 spiro atoms. The molecule has 0 radical (unpaired) electrons. The zero-order chi connectivity index (χ0) is 13.1. The third-order valence-electron chi connectivity index (χ3n) is 2.82. The number of nitrogens with zero attached hydrogens (tertiary/aromatic N) is 2. The fourth-order valence-electron chi connectivity index (χ4n) is 1.74. The van der Waals surface area contributed by atoms with Crippen molar-refractivity contribution in [1.29, 1.82) is 0 Å². The third kappa shape index (κ3) is 2.61. The number of aromatic nitrogens is 2. The molecule has 1 unspecified atom stereocenters. The highest BCUT2D eigenvalue weighted by Crippen LogP contribution is 2.18. The molecule has 2 rings (SSSR count). The average Bonchev–Trinajstić information content (AvgIpc) is 2.85. The van der Waals surface area contributed by atoms with Gasteiger partial charge in [-0.25, -0.2) is 4.98 Å². The zero-order valence-electron chi connectivity index (χ0n) is 10.8. The largest absolute Gasteiger partial charge is 0.359 e. The molecule has 0 aliphatic carbocycles. The van der Waals surface area contributed by atoms with Crippen molar-refractivity contribution in [2.75, 3.05) is 5.32 Å². The molecule has 4 nitrogen and oxygen atoms in total. The fraction of sp³-hybridized carbons (Fsp3) is 0.385. The normalized spacial score (nSPS) is 12.7. The van der Waals surface area contributed by atoms with E-state index in [-0.39, 0.29) is 17.6 Å². The van der Waals surface area contributed by atoms with Gasteiger partial charge in [0, 0.05) is 18.4 Å². The van der Waals surface area contributed by atoms with Crippen LogP contribution in [0.3, 0.4) is 0 Å². The molecule has 5 heteroatoms. The van der Waals surface area contributed by atoms with E-state index in [2.05, 4.69) is 15.7 Å². The first-order valence-corrected chi connectivity index (χ1v) is 6.89. The molecule has 0 aliphatic heterocycles. The van der Waals surface area contributed by atoms with Gasteiger partial charge in [-0.05, 0) is 43.2 Å². The van der Waals surface area contributed by atoms with Gasteiger partial charge < -0.3 is 9.88 Å². The van der Waals surface area contributed by atoms with Gasteiger partial charge in [0.2, 0.25) is 0 Å². The van der Waals surface area contributed by atoms with Crippen molar-refractivity contribution >= 4 is 17.2 Å². The van der Waals surface area contributed by atoms with E-state index in [0.29, 0.717) is 5.82 Å². The summed E-state index contributed by atoms with van der Waals surface area (Å²) in [5, 5.41) is 7.27. The SMILES string of the molecule is CC(Nc1nccn(C(C)C)c1=O)c1ccsc1. The second kappa shape index (κ2) is 5.35. The number of hydrogen-bond donors (Lipinski definition) is 1. The van der Waals surface area contributed by atoms with Crippen molar-refractivity contribution in [1.82, 2.24) is 9.55 Å². The lowest BCUT2D eigenvalue weighted by atomic mass is 10.2. The molecule has 18 heavy (non-hydrogen) atoms. The van der Waals surface area contributed by atoms with Gasteiger partial charge >= 0.3 is 0 Å². The maximum atomic E-state index is 12.2. The molecule has 96 valence electrons. The van der Waals surface area contributed by atoms with Crippen LogP contribution in [0.2, 0.25) is 0 Å². The fourth-order valence-corrected chi connectivity index (χ4v) is 2.49. The van der Waals surface area contributed by atoms with Crippen LogP contribution < -0.4 is 10.9 Å². The lowest BCUT2D eigenvalue weighted by Crippen LogP contribution is -2.26. The monoisotopic (exact) mass is 263 g/mol.